The smallest absolute Gasteiger partial charge is 0.389 e. The second kappa shape index (κ2) is 7.36. The third kappa shape index (κ3) is 4.00. The third-order valence-electron chi connectivity index (χ3n) is 5.22. The molecule has 0 amide bonds. The molecule has 0 bridgehead atoms. The van der Waals surface area contributed by atoms with Crippen molar-refractivity contribution in [3.8, 4) is 0 Å². The first-order chi connectivity index (χ1) is 13.3. The molecular weight excluding hydrogens is 382 g/mol. The first kappa shape index (κ1) is 19.2. The highest BCUT2D eigenvalue weighted by molar-refractivity contribution is 5.59. The van der Waals surface area contributed by atoms with Crippen LogP contribution in [0.3, 0.4) is 0 Å². The van der Waals surface area contributed by atoms with E-state index in [1.807, 2.05) is 0 Å². The second-order valence-corrected chi connectivity index (χ2v) is 7.33. The molecule has 0 spiro atoms. The van der Waals surface area contributed by atoms with Crippen molar-refractivity contribution in [1.82, 2.24) is 14.6 Å². The Bertz CT molecular complexity index is 843. The first-order valence-electron chi connectivity index (χ1n) is 9.18. The van der Waals surface area contributed by atoms with Gasteiger partial charge in [0.15, 0.2) is 5.82 Å². The summed E-state index contributed by atoms with van der Waals surface area (Å²) in [5.41, 5.74) is 0.146. The van der Waals surface area contributed by atoms with Crippen LogP contribution >= 0.6 is 0 Å². The second-order valence-electron chi connectivity index (χ2n) is 7.33. The fourth-order valence-electron chi connectivity index (χ4n) is 3.82. The average molecular weight is 403 g/mol. The van der Waals surface area contributed by atoms with Gasteiger partial charge in [-0.1, -0.05) is 0 Å². The molecule has 0 unspecified atom stereocenters. The summed E-state index contributed by atoms with van der Waals surface area (Å²) in [7, 11) is 0. The van der Waals surface area contributed by atoms with E-state index in [1.165, 1.54) is 16.8 Å². The molecule has 28 heavy (non-hydrogen) atoms. The van der Waals surface area contributed by atoms with E-state index in [-0.39, 0.29) is 30.7 Å². The van der Waals surface area contributed by atoms with Crippen molar-refractivity contribution < 1.29 is 27.4 Å². The highest BCUT2D eigenvalue weighted by Crippen LogP contribution is 2.33. The summed E-state index contributed by atoms with van der Waals surface area (Å²) < 4.78 is 58.8. The van der Waals surface area contributed by atoms with E-state index in [0.717, 1.165) is 0 Å². The number of aromatic nitrogens is 3. The fraction of sp³-hybridized carbons (Fsp3) is 0.647. The number of ether oxygens (including phenoxy) is 1. The largest absolute Gasteiger partial charge is 0.389 e. The number of anilines is 2. The summed E-state index contributed by atoms with van der Waals surface area (Å²) in [5.74, 6) is -0.450. The maximum absolute atomic E-state index is 14.3. The molecule has 3 atom stereocenters. The zero-order valence-electron chi connectivity index (χ0n) is 15.0. The Morgan fingerprint density at radius 1 is 1.32 bits per heavy atom. The van der Waals surface area contributed by atoms with E-state index in [4.69, 9.17) is 4.74 Å². The molecule has 4 heterocycles. The zero-order chi connectivity index (χ0) is 19.9. The van der Waals surface area contributed by atoms with Crippen molar-refractivity contribution in [2.24, 2.45) is 5.92 Å². The minimum Gasteiger partial charge on any atom is -0.389 e. The van der Waals surface area contributed by atoms with Crippen LogP contribution in [0.4, 0.5) is 29.3 Å². The third-order valence-corrected chi connectivity index (χ3v) is 5.22. The van der Waals surface area contributed by atoms with Crippen molar-refractivity contribution in [1.29, 1.82) is 0 Å². The van der Waals surface area contributed by atoms with Crippen LogP contribution < -0.4 is 10.2 Å². The van der Waals surface area contributed by atoms with E-state index in [0.29, 0.717) is 31.8 Å². The normalized spacial score (nSPS) is 26.2. The maximum atomic E-state index is 14.3. The average Bonchev–Trinajstić information content (AvgIpc) is 3.20. The lowest BCUT2D eigenvalue weighted by molar-refractivity contribution is -0.142. The monoisotopic (exact) mass is 403 g/mol. The number of halogens is 4. The van der Waals surface area contributed by atoms with Gasteiger partial charge in [0.2, 0.25) is 5.95 Å². The lowest BCUT2D eigenvalue weighted by atomic mass is 10.1. The number of nitrogens with zero attached hydrogens (tertiary/aromatic N) is 4. The highest BCUT2D eigenvalue weighted by Gasteiger charge is 2.36. The molecular formula is C17H21F4N5O2. The fourth-order valence-corrected chi connectivity index (χ4v) is 3.82. The summed E-state index contributed by atoms with van der Waals surface area (Å²) >= 11 is 0. The SMILES string of the molecule is O[C@@H]1COCC[C@H]1Nc1ncc2c(F)cc(N3CC[C@@H](CC(F)(F)F)C3)n2n1. The van der Waals surface area contributed by atoms with Crippen LogP contribution in [0.25, 0.3) is 5.52 Å². The Morgan fingerprint density at radius 2 is 2.14 bits per heavy atom. The van der Waals surface area contributed by atoms with Crippen LogP contribution in [-0.2, 0) is 4.74 Å². The van der Waals surface area contributed by atoms with Crippen molar-refractivity contribution in [2.45, 2.75) is 37.6 Å². The Kier molecular flexibility index (Phi) is 5.04. The lowest BCUT2D eigenvalue weighted by Crippen LogP contribution is -2.42. The molecule has 0 radical (unpaired) electrons. The van der Waals surface area contributed by atoms with E-state index in [9.17, 15) is 22.7 Å². The van der Waals surface area contributed by atoms with Gasteiger partial charge in [-0.3, -0.25) is 0 Å². The van der Waals surface area contributed by atoms with Gasteiger partial charge in [0, 0.05) is 32.2 Å². The van der Waals surface area contributed by atoms with Crippen LogP contribution in [0, 0.1) is 11.7 Å². The molecule has 154 valence electrons. The van der Waals surface area contributed by atoms with Gasteiger partial charge in [-0.2, -0.15) is 13.2 Å². The Balaban J connectivity index is 1.55. The number of hydrogen-bond acceptors (Lipinski definition) is 6. The van der Waals surface area contributed by atoms with Crippen LogP contribution in [0.2, 0.25) is 0 Å². The molecule has 2 aliphatic heterocycles. The Morgan fingerprint density at radius 3 is 2.89 bits per heavy atom. The van der Waals surface area contributed by atoms with Crippen molar-refractivity contribution >= 4 is 17.3 Å². The van der Waals surface area contributed by atoms with Gasteiger partial charge < -0.3 is 20.1 Å². The summed E-state index contributed by atoms with van der Waals surface area (Å²) in [6.07, 6.45) is -3.49. The molecule has 0 saturated carbocycles. The van der Waals surface area contributed by atoms with E-state index in [2.05, 4.69) is 15.4 Å². The van der Waals surface area contributed by atoms with E-state index in [1.54, 1.807) is 4.90 Å². The van der Waals surface area contributed by atoms with Gasteiger partial charge in [0.1, 0.15) is 11.3 Å². The van der Waals surface area contributed by atoms with Gasteiger partial charge >= 0.3 is 6.18 Å². The molecule has 2 aromatic heterocycles. The van der Waals surface area contributed by atoms with Gasteiger partial charge in [0.25, 0.3) is 0 Å². The minimum absolute atomic E-state index is 0.146. The molecule has 7 nitrogen and oxygen atoms in total. The molecule has 4 rings (SSSR count). The number of alkyl halides is 3. The number of rotatable bonds is 4. The predicted molar refractivity (Wildman–Crippen MR) is 92.8 cm³/mol. The Labute approximate surface area is 158 Å². The molecule has 2 aromatic rings. The summed E-state index contributed by atoms with van der Waals surface area (Å²) in [6, 6.07) is 0.977. The molecule has 0 aromatic carbocycles. The highest BCUT2D eigenvalue weighted by atomic mass is 19.4. The van der Waals surface area contributed by atoms with Crippen LogP contribution in [0.15, 0.2) is 12.3 Å². The van der Waals surface area contributed by atoms with E-state index >= 15 is 0 Å². The molecule has 0 aliphatic carbocycles. The zero-order valence-corrected chi connectivity index (χ0v) is 15.0. The summed E-state index contributed by atoms with van der Waals surface area (Å²) in [4.78, 5) is 5.81. The maximum Gasteiger partial charge on any atom is 0.389 e. The standard InChI is InChI=1S/C17H21F4N5O2/c18-11-5-15(25-3-1-10(8-25)6-17(19,20)21)26-13(11)7-22-16(24-26)23-12-2-4-28-9-14(12)27/h5,7,10,12,14,27H,1-4,6,8-9H2,(H,23,24)/t10-,12+,14+/m0/s1. The van der Waals surface area contributed by atoms with E-state index < -0.39 is 30.4 Å². The molecule has 2 saturated heterocycles. The molecule has 2 aliphatic rings. The van der Waals surface area contributed by atoms with Gasteiger partial charge in [-0.15, -0.1) is 5.10 Å². The van der Waals surface area contributed by atoms with Crippen molar-refractivity contribution in [2.75, 3.05) is 36.5 Å². The number of nitrogens with one attached hydrogen (secondary N) is 1. The Hall–Kier alpha value is -2.14. The van der Waals surface area contributed by atoms with Gasteiger partial charge in [0.05, 0.1) is 24.9 Å². The topological polar surface area (TPSA) is 74.9 Å². The first-order valence-corrected chi connectivity index (χ1v) is 9.18. The van der Waals surface area contributed by atoms with Crippen LogP contribution in [0.1, 0.15) is 19.3 Å². The number of aliphatic hydroxyl groups excluding tert-OH is 1. The van der Waals surface area contributed by atoms with Crippen molar-refractivity contribution in [3.63, 3.8) is 0 Å². The molecule has 2 fully saturated rings. The number of fused-ring (bicyclic) bond motifs is 1. The lowest BCUT2D eigenvalue weighted by Gasteiger charge is -2.28. The van der Waals surface area contributed by atoms with Gasteiger partial charge in [-0.05, 0) is 18.8 Å². The van der Waals surface area contributed by atoms with Gasteiger partial charge in [-0.25, -0.2) is 13.9 Å². The molecule has 2 N–H and O–H groups in total. The van der Waals surface area contributed by atoms with Crippen LogP contribution in [-0.4, -0.2) is 64.3 Å². The summed E-state index contributed by atoms with van der Waals surface area (Å²) in [5, 5.41) is 17.3. The summed E-state index contributed by atoms with van der Waals surface area (Å²) in [6.45, 7) is 1.29. The molecule has 11 heteroatoms. The quantitative estimate of drug-likeness (QED) is 0.763. The number of aliphatic hydroxyl groups is 1. The minimum atomic E-state index is -4.21. The predicted octanol–water partition coefficient (Wildman–Crippen LogP) is 2.21. The van der Waals surface area contributed by atoms with Crippen LogP contribution in [0.5, 0.6) is 0 Å². The number of hydrogen-bond donors (Lipinski definition) is 2. The van der Waals surface area contributed by atoms with Crippen molar-refractivity contribution in [3.05, 3.63) is 18.1 Å².